The molecular weight excluding hydrogens is 282 g/mol. The van der Waals surface area contributed by atoms with Crippen LogP contribution < -0.4 is 5.32 Å². The van der Waals surface area contributed by atoms with E-state index in [-0.39, 0.29) is 0 Å². The first-order chi connectivity index (χ1) is 10.3. The van der Waals surface area contributed by atoms with Crippen LogP contribution in [0, 0.1) is 0 Å². The van der Waals surface area contributed by atoms with Crippen LogP contribution in [0.5, 0.6) is 0 Å². The maximum atomic E-state index is 5.57. The van der Waals surface area contributed by atoms with Crippen LogP contribution in [-0.2, 0) is 16.1 Å². The molecule has 0 saturated heterocycles. The summed E-state index contributed by atoms with van der Waals surface area (Å²) in [4.78, 5) is 1.37. The summed E-state index contributed by atoms with van der Waals surface area (Å²) in [6.07, 6.45) is 1.06. The van der Waals surface area contributed by atoms with Crippen molar-refractivity contribution < 1.29 is 9.47 Å². The first-order valence-corrected chi connectivity index (χ1v) is 8.17. The molecule has 0 aliphatic heterocycles. The lowest BCUT2D eigenvalue weighted by Gasteiger charge is -2.17. The van der Waals surface area contributed by atoms with Crippen LogP contribution in [-0.4, -0.2) is 20.3 Å². The van der Waals surface area contributed by atoms with E-state index < -0.39 is 0 Å². The molecule has 1 aromatic carbocycles. The number of hydrogen-bond acceptors (Lipinski definition) is 4. The summed E-state index contributed by atoms with van der Waals surface area (Å²) >= 11 is 1.80. The molecule has 1 heterocycles. The molecule has 114 valence electrons. The summed E-state index contributed by atoms with van der Waals surface area (Å²) in [5, 5.41) is 5.73. The van der Waals surface area contributed by atoms with Gasteiger partial charge in [-0.25, -0.2) is 0 Å². The molecule has 0 saturated carbocycles. The van der Waals surface area contributed by atoms with Crippen LogP contribution in [0.25, 0.3) is 0 Å². The Morgan fingerprint density at radius 1 is 1.19 bits per heavy atom. The normalized spacial score (nSPS) is 12.3. The van der Waals surface area contributed by atoms with Crippen molar-refractivity contribution in [3.05, 3.63) is 52.2 Å². The van der Waals surface area contributed by atoms with E-state index in [1.807, 2.05) is 0 Å². The van der Waals surface area contributed by atoms with Gasteiger partial charge in [-0.3, -0.25) is 0 Å². The standard InChI is InChI=1S/C17H23NO2S/c1-3-16(17-8-5-11-21-17)18-15-7-4-6-14(12-15)13-20-10-9-19-2/h4-8,11-12,16,18H,3,9-10,13H2,1-2H3. The monoisotopic (exact) mass is 305 g/mol. The molecule has 3 nitrogen and oxygen atoms in total. The second-order valence-corrected chi connectivity index (χ2v) is 5.85. The molecule has 1 aromatic heterocycles. The molecule has 0 aliphatic carbocycles. The number of thiophene rings is 1. The van der Waals surface area contributed by atoms with Gasteiger partial charge in [-0.1, -0.05) is 25.1 Å². The lowest BCUT2D eigenvalue weighted by molar-refractivity contribution is 0.0617. The highest BCUT2D eigenvalue weighted by molar-refractivity contribution is 7.10. The van der Waals surface area contributed by atoms with E-state index in [1.54, 1.807) is 18.4 Å². The third-order valence-electron chi connectivity index (χ3n) is 3.26. The quantitative estimate of drug-likeness (QED) is 0.693. The highest BCUT2D eigenvalue weighted by Gasteiger charge is 2.10. The summed E-state index contributed by atoms with van der Waals surface area (Å²) in [5.41, 5.74) is 2.32. The minimum absolute atomic E-state index is 0.370. The molecule has 0 radical (unpaired) electrons. The summed E-state index contributed by atoms with van der Waals surface area (Å²) in [6.45, 7) is 4.08. The Bertz CT molecular complexity index is 513. The van der Waals surface area contributed by atoms with Crippen LogP contribution >= 0.6 is 11.3 Å². The number of benzene rings is 1. The average Bonchev–Trinajstić information content (AvgIpc) is 3.04. The fourth-order valence-electron chi connectivity index (χ4n) is 2.15. The fourth-order valence-corrected chi connectivity index (χ4v) is 3.01. The molecule has 4 heteroatoms. The smallest absolute Gasteiger partial charge is 0.0718 e. The van der Waals surface area contributed by atoms with Crippen LogP contribution in [0.15, 0.2) is 41.8 Å². The van der Waals surface area contributed by atoms with Gasteiger partial charge in [0.1, 0.15) is 0 Å². The molecule has 0 fully saturated rings. The molecular formula is C17H23NO2S. The molecule has 21 heavy (non-hydrogen) atoms. The molecule has 2 aromatic rings. The van der Waals surface area contributed by atoms with E-state index in [0.717, 1.165) is 12.1 Å². The van der Waals surface area contributed by atoms with Crippen LogP contribution in [0.4, 0.5) is 5.69 Å². The van der Waals surface area contributed by atoms with Gasteiger partial charge in [-0.15, -0.1) is 11.3 Å². The fraction of sp³-hybridized carbons (Fsp3) is 0.412. The minimum Gasteiger partial charge on any atom is -0.382 e. The minimum atomic E-state index is 0.370. The predicted molar refractivity (Wildman–Crippen MR) is 88.9 cm³/mol. The maximum absolute atomic E-state index is 5.57. The predicted octanol–water partition coefficient (Wildman–Crippen LogP) is 4.47. The Morgan fingerprint density at radius 2 is 2.10 bits per heavy atom. The second kappa shape index (κ2) is 8.82. The largest absolute Gasteiger partial charge is 0.382 e. The Kier molecular flexibility index (Phi) is 6.73. The van der Waals surface area contributed by atoms with E-state index in [9.17, 15) is 0 Å². The van der Waals surface area contributed by atoms with Crippen molar-refractivity contribution >= 4 is 17.0 Å². The Labute approximate surface area is 130 Å². The zero-order valence-electron chi connectivity index (χ0n) is 12.7. The molecule has 0 bridgehead atoms. The van der Waals surface area contributed by atoms with Gasteiger partial charge in [0.15, 0.2) is 0 Å². The van der Waals surface area contributed by atoms with Gasteiger partial charge in [0, 0.05) is 17.7 Å². The molecule has 1 atom stereocenters. The van der Waals surface area contributed by atoms with Crippen LogP contribution in [0.2, 0.25) is 0 Å². The molecule has 0 aliphatic rings. The number of rotatable bonds is 9. The van der Waals surface area contributed by atoms with Gasteiger partial charge in [-0.05, 0) is 35.6 Å². The second-order valence-electron chi connectivity index (χ2n) is 4.87. The highest BCUT2D eigenvalue weighted by atomic mass is 32.1. The van der Waals surface area contributed by atoms with Crippen LogP contribution in [0.3, 0.4) is 0 Å². The topological polar surface area (TPSA) is 30.5 Å². The lowest BCUT2D eigenvalue weighted by Crippen LogP contribution is -2.08. The maximum Gasteiger partial charge on any atom is 0.0718 e. The summed E-state index contributed by atoms with van der Waals surface area (Å²) < 4.78 is 10.5. The van der Waals surface area contributed by atoms with Gasteiger partial charge < -0.3 is 14.8 Å². The summed E-state index contributed by atoms with van der Waals surface area (Å²) in [5.74, 6) is 0. The van der Waals surface area contributed by atoms with E-state index >= 15 is 0 Å². The number of nitrogens with one attached hydrogen (secondary N) is 1. The van der Waals surface area contributed by atoms with Crippen molar-refractivity contribution in [2.24, 2.45) is 0 Å². The Hall–Kier alpha value is -1.36. The molecule has 1 unspecified atom stereocenters. The third kappa shape index (κ3) is 5.16. The average molecular weight is 305 g/mol. The van der Waals surface area contributed by atoms with Crippen molar-refractivity contribution in [2.75, 3.05) is 25.6 Å². The van der Waals surface area contributed by atoms with Crippen molar-refractivity contribution in [1.82, 2.24) is 0 Å². The van der Waals surface area contributed by atoms with Crippen molar-refractivity contribution in [3.8, 4) is 0 Å². The van der Waals surface area contributed by atoms with E-state index in [4.69, 9.17) is 9.47 Å². The third-order valence-corrected chi connectivity index (χ3v) is 4.25. The number of hydrogen-bond donors (Lipinski definition) is 1. The zero-order chi connectivity index (χ0) is 14.9. The zero-order valence-corrected chi connectivity index (χ0v) is 13.5. The van der Waals surface area contributed by atoms with Crippen molar-refractivity contribution in [2.45, 2.75) is 26.0 Å². The van der Waals surface area contributed by atoms with Gasteiger partial charge in [-0.2, -0.15) is 0 Å². The van der Waals surface area contributed by atoms with E-state index in [0.29, 0.717) is 25.9 Å². The number of anilines is 1. The molecule has 2 rings (SSSR count). The van der Waals surface area contributed by atoms with Gasteiger partial charge in [0.05, 0.1) is 25.9 Å². The molecule has 0 amide bonds. The lowest BCUT2D eigenvalue weighted by atomic mass is 10.1. The van der Waals surface area contributed by atoms with Gasteiger partial charge in [0.2, 0.25) is 0 Å². The Morgan fingerprint density at radius 3 is 2.81 bits per heavy atom. The summed E-state index contributed by atoms with van der Waals surface area (Å²) in [7, 11) is 1.68. The molecule has 0 spiro atoms. The van der Waals surface area contributed by atoms with Crippen molar-refractivity contribution in [3.63, 3.8) is 0 Å². The van der Waals surface area contributed by atoms with Gasteiger partial charge in [0.25, 0.3) is 0 Å². The Balaban J connectivity index is 1.93. The van der Waals surface area contributed by atoms with Crippen molar-refractivity contribution in [1.29, 1.82) is 0 Å². The van der Waals surface area contributed by atoms with E-state index in [2.05, 4.69) is 54.0 Å². The first-order valence-electron chi connectivity index (χ1n) is 7.29. The van der Waals surface area contributed by atoms with Crippen LogP contribution in [0.1, 0.15) is 29.8 Å². The number of ether oxygens (including phenoxy) is 2. The highest BCUT2D eigenvalue weighted by Crippen LogP contribution is 2.26. The SMILES string of the molecule is CCC(Nc1cccc(COCCOC)c1)c1cccs1. The van der Waals surface area contributed by atoms with E-state index in [1.165, 1.54) is 10.4 Å². The first kappa shape index (κ1) is 16.0. The molecule has 1 N–H and O–H groups in total. The summed E-state index contributed by atoms with van der Waals surface area (Å²) in [6, 6.07) is 13.1. The number of methoxy groups -OCH3 is 1. The van der Waals surface area contributed by atoms with Gasteiger partial charge >= 0.3 is 0 Å².